The number of nitrogens with zero attached hydrogens (tertiary/aromatic N) is 2. The Labute approximate surface area is 155 Å². The molecule has 3 aliphatic rings. The molecule has 1 saturated heterocycles. The van der Waals surface area contributed by atoms with Crippen LogP contribution in [0, 0.1) is 0 Å². The van der Waals surface area contributed by atoms with Crippen molar-refractivity contribution in [3.8, 4) is 11.5 Å². The van der Waals surface area contributed by atoms with Crippen molar-refractivity contribution >= 4 is 17.3 Å². The molecule has 1 aromatic carbocycles. The van der Waals surface area contributed by atoms with Gasteiger partial charge in [0.25, 0.3) is 0 Å². The van der Waals surface area contributed by atoms with Crippen molar-refractivity contribution < 1.29 is 9.47 Å². The van der Waals surface area contributed by atoms with E-state index in [2.05, 4.69) is 21.2 Å². The summed E-state index contributed by atoms with van der Waals surface area (Å²) in [6.45, 7) is 5.37. The first kappa shape index (κ1) is 16.9. The zero-order chi connectivity index (χ0) is 17.1. The highest BCUT2D eigenvalue weighted by Crippen LogP contribution is 2.32. The first-order valence-electron chi connectivity index (χ1n) is 9.45. The summed E-state index contributed by atoms with van der Waals surface area (Å²) >= 11 is 5.61. The number of nitrogens with one attached hydrogen (secondary N) is 1. The summed E-state index contributed by atoms with van der Waals surface area (Å²) < 4.78 is 10.8. The Balaban J connectivity index is 1.23. The highest BCUT2D eigenvalue weighted by atomic mass is 32.1. The van der Waals surface area contributed by atoms with Gasteiger partial charge in [0.15, 0.2) is 16.6 Å². The molecule has 136 valence electrons. The summed E-state index contributed by atoms with van der Waals surface area (Å²) in [5.41, 5.74) is 1.16. The fraction of sp³-hybridized carbons (Fsp3) is 0.632. The Morgan fingerprint density at radius 1 is 1.04 bits per heavy atom. The molecule has 0 unspecified atom stereocenters. The number of hydrogen-bond donors (Lipinski definition) is 1. The molecule has 2 fully saturated rings. The molecule has 1 aliphatic carbocycles. The minimum atomic E-state index is 0.315. The predicted molar refractivity (Wildman–Crippen MR) is 102 cm³/mol. The number of thiocarbonyl (C=S) groups is 1. The molecule has 0 amide bonds. The number of rotatable bonds is 3. The van der Waals surface area contributed by atoms with Gasteiger partial charge in [0.2, 0.25) is 6.79 Å². The molecule has 5 nitrogen and oxygen atoms in total. The van der Waals surface area contributed by atoms with Crippen LogP contribution in [-0.4, -0.2) is 53.9 Å². The molecule has 0 spiro atoms. The lowest BCUT2D eigenvalue weighted by molar-refractivity contribution is 0.107. The quantitative estimate of drug-likeness (QED) is 0.835. The van der Waals surface area contributed by atoms with E-state index in [-0.39, 0.29) is 0 Å². The van der Waals surface area contributed by atoms with Crippen LogP contribution < -0.4 is 14.8 Å². The minimum absolute atomic E-state index is 0.315. The fourth-order valence-corrected chi connectivity index (χ4v) is 4.33. The third-order valence-electron chi connectivity index (χ3n) is 5.57. The molecule has 4 rings (SSSR count). The van der Waals surface area contributed by atoms with Gasteiger partial charge in [-0.05, 0) is 42.8 Å². The monoisotopic (exact) mass is 361 g/mol. The van der Waals surface area contributed by atoms with Crippen LogP contribution in [0.4, 0.5) is 0 Å². The average molecular weight is 362 g/mol. The van der Waals surface area contributed by atoms with Gasteiger partial charge in [-0.2, -0.15) is 0 Å². The summed E-state index contributed by atoms with van der Waals surface area (Å²) in [6.07, 6.45) is 6.99. The maximum atomic E-state index is 5.61. The van der Waals surface area contributed by atoms with Crippen molar-refractivity contribution in [3.63, 3.8) is 0 Å². The van der Waals surface area contributed by atoms with Crippen LogP contribution in [-0.2, 0) is 6.54 Å². The van der Waals surface area contributed by atoms with Gasteiger partial charge in [-0.25, -0.2) is 0 Å². The smallest absolute Gasteiger partial charge is 0.231 e. The first-order valence-corrected chi connectivity index (χ1v) is 9.86. The maximum absolute atomic E-state index is 5.61. The fourth-order valence-electron chi connectivity index (χ4n) is 4.08. The van der Waals surface area contributed by atoms with Crippen LogP contribution in [0.15, 0.2) is 18.2 Å². The molecule has 6 heteroatoms. The number of hydrogen-bond acceptors (Lipinski definition) is 4. The van der Waals surface area contributed by atoms with Gasteiger partial charge in [-0.1, -0.05) is 25.3 Å². The Morgan fingerprint density at radius 2 is 1.80 bits per heavy atom. The third-order valence-corrected chi connectivity index (χ3v) is 5.98. The number of fused-ring (bicyclic) bond motifs is 1. The summed E-state index contributed by atoms with van der Waals surface area (Å²) in [5.74, 6) is 1.65. The van der Waals surface area contributed by atoms with Crippen LogP contribution in [0.5, 0.6) is 11.5 Å². The van der Waals surface area contributed by atoms with E-state index in [9.17, 15) is 0 Å². The summed E-state index contributed by atoms with van der Waals surface area (Å²) in [6, 6.07) is 6.86. The molecular formula is C19H27N3O2S. The van der Waals surface area contributed by atoms with Crippen molar-refractivity contribution in [2.24, 2.45) is 0 Å². The third kappa shape index (κ3) is 4.01. The number of benzene rings is 1. The molecule has 0 radical (unpaired) electrons. The zero-order valence-corrected chi connectivity index (χ0v) is 15.5. The number of ether oxygens (including phenoxy) is 2. The second kappa shape index (κ2) is 7.79. The molecule has 0 bridgehead atoms. The zero-order valence-electron chi connectivity index (χ0n) is 14.7. The predicted octanol–water partition coefficient (Wildman–Crippen LogP) is 2.74. The SMILES string of the molecule is S=C(NCc1ccc2c(c1)OCO2)N1CCN(C2CCCCC2)CC1. The van der Waals surface area contributed by atoms with Crippen LogP contribution in [0.2, 0.25) is 0 Å². The normalized spacial score (nSPS) is 21.4. The molecule has 0 atom stereocenters. The van der Waals surface area contributed by atoms with Gasteiger partial charge in [0, 0.05) is 38.8 Å². The summed E-state index contributed by atoms with van der Waals surface area (Å²) in [4.78, 5) is 4.98. The van der Waals surface area contributed by atoms with Gasteiger partial charge in [-0.15, -0.1) is 0 Å². The van der Waals surface area contributed by atoms with E-state index in [1.165, 1.54) is 32.1 Å². The number of piperazine rings is 1. The van der Waals surface area contributed by atoms with Gasteiger partial charge in [-0.3, -0.25) is 4.90 Å². The molecule has 25 heavy (non-hydrogen) atoms. The first-order chi connectivity index (χ1) is 12.3. The molecule has 2 heterocycles. The second-order valence-corrected chi connectivity index (χ2v) is 7.55. The van der Waals surface area contributed by atoms with Crippen LogP contribution >= 0.6 is 12.2 Å². The Bertz CT molecular complexity index is 611. The molecule has 0 aromatic heterocycles. The summed E-state index contributed by atoms with van der Waals surface area (Å²) in [5, 5.41) is 4.26. The van der Waals surface area contributed by atoms with Crippen LogP contribution in [0.1, 0.15) is 37.7 Å². The second-order valence-electron chi connectivity index (χ2n) is 7.16. The lowest BCUT2D eigenvalue weighted by Gasteiger charge is -2.41. The van der Waals surface area contributed by atoms with Crippen molar-refractivity contribution in [1.82, 2.24) is 15.1 Å². The molecule has 2 aliphatic heterocycles. The molecule has 1 aromatic rings. The lowest BCUT2D eigenvalue weighted by atomic mass is 9.94. The van der Waals surface area contributed by atoms with Gasteiger partial charge < -0.3 is 19.7 Å². The van der Waals surface area contributed by atoms with Gasteiger partial charge in [0.1, 0.15) is 0 Å². The molecular weight excluding hydrogens is 334 g/mol. The van der Waals surface area contributed by atoms with E-state index in [4.69, 9.17) is 21.7 Å². The highest BCUT2D eigenvalue weighted by Gasteiger charge is 2.25. The topological polar surface area (TPSA) is 37.0 Å². The average Bonchev–Trinajstić information content (AvgIpc) is 3.15. The minimum Gasteiger partial charge on any atom is -0.454 e. The van der Waals surface area contributed by atoms with E-state index in [1.54, 1.807) is 0 Å². The van der Waals surface area contributed by atoms with E-state index >= 15 is 0 Å². The van der Waals surface area contributed by atoms with Gasteiger partial charge >= 0.3 is 0 Å². The van der Waals surface area contributed by atoms with E-state index in [0.717, 1.165) is 60.9 Å². The van der Waals surface area contributed by atoms with Crippen molar-refractivity contribution in [3.05, 3.63) is 23.8 Å². The van der Waals surface area contributed by atoms with E-state index in [1.807, 2.05) is 12.1 Å². The molecule has 1 saturated carbocycles. The largest absolute Gasteiger partial charge is 0.454 e. The van der Waals surface area contributed by atoms with E-state index in [0.29, 0.717) is 6.79 Å². The van der Waals surface area contributed by atoms with Crippen molar-refractivity contribution in [1.29, 1.82) is 0 Å². The van der Waals surface area contributed by atoms with Crippen LogP contribution in [0.25, 0.3) is 0 Å². The Morgan fingerprint density at radius 3 is 2.60 bits per heavy atom. The van der Waals surface area contributed by atoms with Crippen molar-refractivity contribution in [2.75, 3.05) is 33.0 Å². The highest BCUT2D eigenvalue weighted by molar-refractivity contribution is 7.80. The summed E-state index contributed by atoms with van der Waals surface area (Å²) in [7, 11) is 0. The van der Waals surface area contributed by atoms with Crippen LogP contribution in [0.3, 0.4) is 0 Å². The Hall–Kier alpha value is -1.53. The lowest BCUT2D eigenvalue weighted by Crippen LogP contribution is -2.54. The Kier molecular flexibility index (Phi) is 5.27. The molecule has 1 N–H and O–H groups in total. The van der Waals surface area contributed by atoms with E-state index < -0.39 is 0 Å². The maximum Gasteiger partial charge on any atom is 0.231 e. The van der Waals surface area contributed by atoms with Crippen molar-refractivity contribution in [2.45, 2.75) is 44.7 Å². The standard InChI is InChI=1S/C19H27N3O2S/c25-19(20-13-15-6-7-17-18(12-15)24-14-23-17)22-10-8-21(9-11-22)16-4-2-1-3-5-16/h6-7,12,16H,1-5,8-11,13-14H2,(H,20,25). The van der Waals surface area contributed by atoms with Gasteiger partial charge in [0.05, 0.1) is 0 Å².